The number of carbonyl (C=O) groups is 1. The van der Waals surface area contributed by atoms with Crippen LogP contribution in [-0.4, -0.2) is 25.1 Å². The Kier molecular flexibility index (Phi) is 3.38. The van der Waals surface area contributed by atoms with E-state index in [-0.39, 0.29) is 12.3 Å². The van der Waals surface area contributed by atoms with Gasteiger partial charge in [0.1, 0.15) is 0 Å². The summed E-state index contributed by atoms with van der Waals surface area (Å²) in [4.78, 5) is 12.3. The summed E-state index contributed by atoms with van der Waals surface area (Å²) >= 11 is 0. The predicted molar refractivity (Wildman–Crippen MR) is 75.5 cm³/mol. The maximum absolute atomic E-state index is 12.7. The molecule has 0 amide bonds. The summed E-state index contributed by atoms with van der Waals surface area (Å²) in [6.07, 6.45) is 3.63. The molecule has 1 aromatic rings. The Morgan fingerprint density at radius 1 is 0.950 bits per heavy atom. The van der Waals surface area contributed by atoms with Gasteiger partial charge in [0.2, 0.25) is 0 Å². The summed E-state index contributed by atoms with van der Waals surface area (Å²) in [7, 11) is -3.53. The summed E-state index contributed by atoms with van der Waals surface area (Å²) in [5.41, 5.74) is 1.47. The highest BCUT2D eigenvalue weighted by Crippen LogP contribution is 2.35. The third-order valence-electron chi connectivity index (χ3n) is 3.95. The highest BCUT2D eigenvalue weighted by Gasteiger charge is 2.34. The van der Waals surface area contributed by atoms with E-state index in [0.29, 0.717) is 17.7 Å². The molecule has 0 radical (unpaired) electrons. The first-order valence-corrected chi connectivity index (χ1v) is 8.38. The van der Waals surface area contributed by atoms with Crippen molar-refractivity contribution in [1.82, 2.24) is 4.31 Å². The van der Waals surface area contributed by atoms with Crippen molar-refractivity contribution in [3.63, 3.8) is 0 Å². The van der Waals surface area contributed by atoms with Crippen molar-refractivity contribution < 1.29 is 13.2 Å². The van der Waals surface area contributed by atoms with Crippen LogP contribution in [0, 0.1) is 0 Å². The molecule has 5 heteroatoms. The maximum Gasteiger partial charge on any atom is 0.264 e. The zero-order chi connectivity index (χ0) is 14.2. The average molecular weight is 291 g/mol. The summed E-state index contributed by atoms with van der Waals surface area (Å²) in [6, 6.07) is 8.45. The number of benzene rings is 1. The number of carbonyl (C=O) groups excluding carboxylic acids is 1. The smallest absolute Gasteiger partial charge is 0.264 e. The standard InChI is InChI=1S/C15H17NO3S/c17-15-10-11-16(14-9-5-4-8-13(14)15)20(18,19)12-6-2-1-3-7-12/h1-3,6-7H,4-5,8-11H2. The van der Waals surface area contributed by atoms with Crippen LogP contribution in [-0.2, 0) is 14.8 Å². The van der Waals surface area contributed by atoms with Crippen LogP contribution in [0.1, 0.15) is 32.1 Å². The van der Waals surface area contributed by atoms with Crippen molar-refractivity contribution in [3.8, 4) is 0 Å². The summed E-state index contributed by atoms with van der Waals surface area (Å²) < 4.78 is 26.9. The van der Waals surface area contributed by atoms with Gasteiger partial charge in [-0.05, 0) is 37.8 Å². The Morgan fingerprint density at radius 2 is 1.65 bits per heavy atom. The molecule has 0 saturated heterocycles. The quantitative estimate of drug-likeness (QED) is 0.841. The van der Waals surface area contributed by atoms with Crippen LogP contribution in [0.2, 0.25) is 0 Å². The molecule has 2 aliphatic rings. The number of sulfonamides is 1. The summed E-state index contributed by atoms with van der Waals surface area (Å²) in [5.74, 6) is 0.124. The van der Waals surface area contributed by atoms with Crippen LogP contribution in [0.15, 0.2) is 46.5 Å². The molecule has 20 heavy (non-hydrogen) atoms. The molecule has 3 rings (SSSR count). The van der Waals surface area contributed by atoms with E-state index in [1.165, 1.54) is 4.31 Å². The SMILES string of the molecule is O=C1CCN(S(=O)(=O)c2ccccc2)C2=C1CCCC2. The minimum atomic E-state index is -3.53. The molecule has 0 unspecified atom stereocenters. The van der Waals surface area contributed by atoms with Crippen molar-refractivity contribution in [2.24, 2.45) is 0 Å². The Labute approximate surface area is 119 Å². The number of hydrogen-bond acceptors (Lipinski definition) is 3. The fraction of sp³-hybridized carbons (Fsp3) is 0.400. The molecule has 4 nitrogen and oxygen atoms in total. The largest absolute Gasteiger partial charge is 0.294 e. The number of hydrogen-bond donors (Lipinski definition) is 0. The lowest BCUT2D eigenvalue weighted by atomic mass is 9.90. The zero-order valence-corrected chi connectivity index (χ0v) is 12.0. The van der Waals surface area contributed by atoms with E-state index in [9.17, 15) is 13.2 Å². The third-order valence-corrected chi connectivity index (χ3v) is 5.80. The molecule has 1 aromatic carbocycles. The normalized spacial score (nSPS) is 20.0. The highest BCUT2D eigenvalue weighted by atomic mass is 32.2. The van der Waals surface area contributed by atoms with Gasteiger partial charge < -0.3 is 0 Å². The first-order valence-electron chi connectivity index (χ1n) is 6.94. The monoisotopic (exact) mass is 291 g/mol. The molecule has 1 aliphatic carbocycles. The topological polar surface area (TPSA) is 54.5 Å². The lowest BCUT2D eigenvalue weighted by molar-refractivity contribution is -0.116. The molecular formula is C15H17NO3S. The molecule has 0 aromatic heterocycles. The van der Waals surface area contributed by atoms with Crippen LogP contribution < -0.4 is 0 Å². The third kappa shape index (κ3) is 2.16. The Morgan fingerprint density at radius 3 is 2.40 bits per heavy atom. The number of allylic oxidation sites excluding steroid dienone is 2. The summed E-state index contributed by atoms with van der Waals surface area (Å²) in [5, 5.41) is 0. The van der Waals surface area contributed by atoms with E-state index in [4.69, 9.17) is 0 Å². The lowest BCUT2D eigenvalue weighted by Crippen LogP contribution is -2.38. The fourth-order valence-electron chi connectivity index (χ4n) is 2.94. The van der Waals surface area contributed by atoms with Crippen LogP contribution in [0.5, 0.6) is 0 Å². The first kappa shape index (κ1) is 13.4. The van der Waals surface area contributed by atoms with Gasteiger partial charge in [0.15, 0.2) is 5.78 Å². The first-order chi connectivity index (χ1) is 9.60. The number of rotatable bonds is 2. The molecule has 0 bridgehead atoms. The Hall–Kier alpha value is -1.62. The molecule has 0 fully saturated rings. The minimum Gasteiger partial charge on any atom is -0.294 e. The van der Waals surface area contributed by atoms with Crippen molar-refractivity contribution in [1.29, 1.82) is 0 Å². The fourth-order valence-corrected chi connectivity index (χ4v) is 4.52. The second-order valence-corrected chi connectivity index (χ2v) is 7.06. The maximum atomic E-state index is 12.7. The van der Waals surface area contributed by atoms with Gasteiger partial charge in [-0.3, -0.25) is 9.10 Å². The average Bonchev–Trinajstić information content (AvgIpc) is 2.48. The molecule has 1 heterocycles. The number of nitrogens with zero attached hydrogens (tertiary/aromatic N) is 1. The molecule has 0 N–H and O–H groups in total. The van der Waals surface area contributed by atoms with Gasteiger partial charge >= 0.3 is 0 Å². The van der Waals surface area contributed by atoms with Crippen LogP contribution >= 0.6 is 0 Å². The lowest BCUT2D eigenvalue weighted by Gasteiger charge is -2.34. The predicted octanol–water partition coefficient (Wildman–Crippen LogP) is 2.48. The molecular weight excluding hydrogens is 274 g/mol. The van der Waals surface area contributed by atoms with E-state index in [0.717, 1.165) is 30.5 Å². The second-order valence-electron chi connectivity index (χ2n) is 5.20. The van der Waals surface area contributed by atoms with Crippen molar-refractivity contribution in [3.05, 3.63) is 41.6 Å². The van der Waals surface area contributed by atoms with E-state index in [1.54, 1.807) is 30.3 Å². The highest BCUT2D eigenvalue weighted by molar-refractivity contribution is 7.89. The van der Waals surface area contributed by atoms with E-state index >= 15 is 0 Å². The van der Waals surface area contributed by atoms with Gasteiger partial charge in [-0.15, -0.1) is 0 Å². The number of ketones is 1. The van der Waals surface area contributed by atoms with Gasteiger partial charge in [-0.2, -0.15) is 0 Å². The van der Waals surface area contributed by atoms with Gasteiger partial charge in [0, 0.05) is 24.2 Å². The zero-order valence-electron chi connectivity index (χ0n) is 11.2. The van der Waals surface area contributed by atoms with Crippen LogP contribution in [0.25, 0.3) is 0 Å². The Bertz CT molecular complexity index is 662. The van der Waals surface area contributed by atoms with Crippen molar-refractivity contribution >= 4 is 15.8 Å². The molecule has 0 spiro atoms. The Balaban J connectivity index is 2.06. The molecule has 1 aliphatic heterocycles. The second kappa shape index (κ2) is 5.05. The van der Waals surface area contributed by atoms with Gasteiger partial charge in [-0.25, -0.2) is 8.42 Å². The van der Waals surface area contributed by atoms with Crippen LogP contribution in [0.4, 0.5) is 0 Å². The summed E-state index contributed by atoms with van der Waals surface area (Å²) in [6.45, 7) is 0.273. The van der Waals surface area contributed by atoms with E-state index in [2.05, 4.69) is 0 Å². The van der Waals surface area contributed by atoms with E-state index in [1.807, 2.05) is 0 Å². The van der Waals surface area contributed by atoms with Gasteiger partial charge in [-0.1, -0.05) is 18.2 Å². The van der Waals surface area contributed by atoms with Crippen molar-refractivity contribution in [2.45, 2.75) is 37.0 Å². The molecule has 0 saturated carbocycles. The molecule has 0 atom stereocenters. The van der Waals surface area contributed by atoms with E-state index < -0.39 is 10.0 Å². The van der Waals surface area contributed by atoms with Crippen molar-refractivity contribution in [2.75, 3.05) is 6.54 Å². The van der Waals surface area contributed by atoms with Gasteiger partial charge in [0.25, 0.3) is 10.0 Å². The number of Topliss-reactive ketones (excluding diaryl/α,β-unsaturated/α-hetero) is 1. The minimum absolute atomic E-state index is 0.124. The van der Waals surface area contributed by atoms with Crippen LogP contribution in [0.3, 0.4) is 0 Å². The molecule has 106 valence electrons. The van der Waals surface area contributed by atoms with Gasteiger partial charge in [0.05, 0.1) is 4.90 Å².